The van der Waals surface area contributed by atoms with Crippen molar-refractivity contribution in [2.45, 2.75) is 32.6 Å². The summed E-state index contributed by atoms with van der Waals surface area (Å²) in [5.41, 5.74) is 0.729. The van der Waals surface area contributed by atoms with Crippen molar-refractivity contribution in [3.63, 3.8) is 0 Å². The molecule has 3 rings (SSSR count). The number of nitro benzene ring substituents is 1. The number of aryl methyl sites for hydroxylation is 1. The molecule has 0 aromatic heterocycles. The summed E-state index contributed by atoms with van der Waals surface area (Å²) in [7, 11) is 0. The third kappa shape index (κ3) is 4.41. The summed E-state index contributed by atoms with van der Waals surface area (Å²) in [5, 5.41) is 13.2. The fourth-order valence-corrected chi connectivity index (χ4v) is 3.80. The number of likely N-dealkylation sites (tertiary alicyclic amines) is 1. The maximum atomic E-state index is 12.3. The van der Waals surface area contributed by atoms with E-state index < -0.39 is 30.0 Å². The highest BCUT2D eigenvalue weighted by molar-refractivity contribution is 6.07. The van der Waals surface area contributed by atoms with Crippen LogP contribution < -0.4 is 5.32 Å². The Bertz CT molecular complexity index is 859. The van der Waals surface area contributed by atoms with E-state index in [0.717, 1.165) is 17.7 Å². The number of hydrogen-bond donors (Lipinski definition) is 1. The quantitative estimate of drug-likeness (QED) is 0.329. The molecule has 154 valence electrons. The minimum Gasteiger partial charge on any atom is -0.454 e. The molecule has 1 aliphatic heterocycles. The number of ether oxygens (including phenoxy) is 1. The van der Waals surface area contributed by atoms with Gasteiger partial charge in [-0.2, -0.15) is 0 Å². The van der Waals surface area contributed by atoms with Gasteiger partial charge in [-0.25, -0.2) is 0 Å². The molecule has 1 saturated carbocycles. The normalized spacial score (nSPS) is 20.9. The van der Waals surface area contributed by atoms with Gasteiger partial charge in [0.1, 0.15) is 6.54 Å². The van der Waals surface area contributed by atoms with Gasteiger partial charge in [0.15, 0.2) is 6.61 Å². The molecule has 10 nitrogen and oxygen atoms in total. The molecule has 1 aromatic rings. The van der Waals surface area contributed by atoms with Crippen molar-refractivity contribution in [1.82, 2.24) is 4.90 Å². The number of non-ortho nitro benzene ring substituents is 1. The summed E-state index contributed by atoms with van der Waals surface area (Å²) in [6.45, 7) is 0.492. The van der Waals surface area contributed by atoms with Crippen molar-refractivity contribution < 1.29 is 28.8 Å². The Hall–Kier alpha value is -3.30. The fraction of sp³-hybridized carbons (Fsp3) is 0.474. The van der Waals surface area contributed by atoms with Crippen molar-refractivity contribution in [2.24, 2.45) is 11.8 Å². The van der Waals surface area contributed by atoms with Gasteiger partial charge < -0.3 is 10.1 Å². The summed E-state index contributed by atoms with van der Waals surface area (Å²) < 4.78 is 4.88. The molecule has 29 heavy (non-hydrogen) atoms. The SMILES string of the molecule is Cc1cc([N+](=O)[O-])ccc1NC(=O)COC(=O)CN1C(=O)[C@H]2CCCC[C@@H]2C1=O. The Morgan fingerprint density at radius 3 is 2.38 bits per heavy atom. The average molecular weight is 403 g/mol. The van der Waals surface area contributed by atoms with Gasteiger partial charge in [0.05, 0.1) is 16.8 Å². The summed E-state index contributed by atoms with van der Waals surface area (Å²) in [5.74, 6) is -2.87. The number of hydrogen-bond acceptors (Lipinski definition) is 7. The van der Waals surface area contributed by atoms with E-state index in [4.69, 9.17) is 4.74 Å². The monoisotopic (exact) mass is 403 g/mol. The number of imide groups is 1. The van der Waals surface area contributed by atoms with Crippen LogP contribution in [0.3, 0.4) is 0 Å². The van der Waals surface area contributed by atoms with E-state index >= 15 is 0 Å². The molecule has 0 spiro atoms. The first kappa shape index (κ1) is 20.4. The van der Waals surface area contributed by atoms with Crippen LogP contribution in [0.4, 0.5) is 11.4 Å². The smallest absolute Gasteiger partial charge is 0.326 e. The Balaban J connectivity index is 1.50. The third-order valence-electron chi connectivity index (χ3n) is 5.28. The lowest BCUT2D eigenvalue weighted by molar-refractivity contribution is -0.384. The standard InChI is InChI=1S/C19H21N3O7/c1-11-8-12(22(27)28)6-7-15(11)20-16(23)10-29-17(24)9-21-18(25)13-4-2-3-5-14(13)19(21)26/h6-8,13-14H,2-5,9-10H2,1H3,(H,20,23)/t13-,14-/m0/s1. The lowest BCUT2D eigenvalue weighted by atomic mass is 9.81. The van der Waals surface area contributed by atoms with Crippen LogP contribution in [0.15, 0.2) is 18.2 Å². The predicted molar refractivity (Wildman–Crippen MR) is 99.6 cm³/mol. The molecule has 1 aliphatic carbocycles. The first-order valence-corrected chi connectivity index (χ1v) is 9.33. The number of nitro groups is 1. The maximum Gasteiger partial charge on any atom is 0.326 e. The van der Waals surface area contributed by atoms with Gasteiger partial charge in [0.2, 0.25) is 11.8 Å². The summed E-state index contributed by atoms with van der Waals surface area (Å²) in [6.07, 6.45) is 3.08. The number of fused-ring (bicyclic) bond motifs is 1. The van der Waals surface area contributed by atoms with Crippen molar-refractivity contribution >= 4 is 35.1 Å². The Labute approximate surface area is 166 Å². The second kappa shape index (κ2) is 8.38. The van der Waals surface area contributed by atoms with E-state index in [1.165, 1.54) is 18.2 Å². The molecule has 3 amide bonds. The minimum atomic E-state index is -0.846. The van der Waals surface area contributed by atoms with Gasteiger partial charge >= 0.3 is 5.97 Å². The van der Waals surface area contributed by atoms with Gasteiger partial charge in [-0.3, -0.25) is 34.2 Å². The number of rotatable bonds is 6. The molecule has 10 heteroatoms. The lowest BCUT2D eigenvalue weighted by Crippen LogP contribution is -2.37. The van der Waals surface area contributed by atoms with E-state index in [1.54, 1.807) is 6.92 Å². The Morgan fingerprint density at radius 1 is 1.21 bits per heavy atom. The molecular weight excluding hydrogens is 382 g/mol. The number of benzene rings is 1. The summed E-state index contributed by atoms with van der Waals surface area (Å²) >= 11 is 0. The predicted octanol–water partition coefficient (Wildman–Crippen LogP) is 1.56. The number of nitrogens with one attached hydrogen (secondary N) is 1. The molecule has 0 radical (unpaired) electrons. The summed E-state index contributed by atoms with van der Waals surface area (Å²) in [4.78, 5) is 59.8. The molecule has 2 aliphatic rings. The number of nitrogens with zero attached hydrogens (tertiary/aromatic N) is 2. The highest BCUT2D eigenvalue weighted by atomic mass is 16.6. The van der Waals surface area contributed by atoms with Crippen LogP contribution in [0.1, 0.15) is 31.2 Å². The van der Waals surface area contributed by atoms with Gasteiger partial charge in [-0.05, 0) is 31.4 Å². The zero-order chi connectivity index (χ0) is 21.1. The lowest BCUT2D eigenvalue weighted by Gasteiger charge is -2.19. The second-order valence-electron chi connectivity index (χ2n) is 7.23. The molecule has 2 fully saturated rings. The molecular formula is C19H21N3O7. The molecule has 0 bridgehead atoms. The highest BCUT2D eigenvalue weighted by Gasteiger charge is 2.48. The maximum absolute atomic E-state index is 12.3. The second-order valence-corrected chi connectivity index (χ2v) is 7.23. The van der Waals surface area contributed by atoms with E-state index in [0.29, 0.717) is 24.1 Å². The first-order chi connectivity index (χ1) is 13.8. The highest BCUT2D eigenvalue weighted by Crippen LogP contribution is 2.37. The van der Waals surface area contributed by atoms with Crippen molar-refractivity contribution in [3.8, 4) is 0 Å². The van der Waals surface area contributed by atoms with E-state index in [1.807, 2.05) is 0 Å². The molecule has 2 atom stereocenters. The van der Waals surface area contributed by atoms with Gasteiger partial charge in [0.25, 0.3) is 11.6 Å². The van der Waals surface area contributed by atoms with E-state index in [-0.39, 0.29) is 29.3 Å². The van der Waals surface area contributed by atoms with Crippen LogP contribution in [0.2, 0.25) is 0 Å². The number of carbonyl (C=O) groups excluding carboxylic acids is 4. The van der Waals surface area contributed by atoms with Crippen molar-refractivity contribution in [1.29, 1.82) is 0 Å². The zero-order valence-electron chi connectivity index (χ0n) is 15.9. The van der Waals surface area contributed by atoms with E-state index in [2.05, 4.69) is 5.32 Å². The zero-order valence-corrected chi connectivity index (χ0v) is 15.9. The Kier molecular flexibility index (Phi) is 5.90. The van der Waals surface area contributed by atoms with Gasteiger partial charge in [-0.15, -0.1) is 0 Å². The molecule has 1 saturated heterocycles. The average Bonchev–Trinajstić information content (AvgIpc) is 2.93. The molecule has 1 N–H and O–H groups in total. The van der Waals surface area contributed by atoms with Gasteiger partial charge in [-0.1, -0.05) is 12.8 Å². The summed E-state index contributed by atoms with van der Waals surface area (Å²) in [6, 6.07) is 3.95. The minimum absolute atomic E-state index is 0.104. The number of esters is 1. The van der Waals surface area contributed by atoms with Crippen molar-refractivity contribution in [3.05, 3.63) is 33.9 Å². The number of anilines is 1. The fourth-order valence-electron chi connectivity index (χ4n) is 3.80. The van der Waals surface area contributed by atoms with Crippen LogP contribution in [-0.4, -0.2) is 46.7 Å². The van der Waals surface area contributed by atoms with Crippen LogP contribution in [0, 0.1) is 28.9 Å². The Morgan fingerprint density at radius 2 is 1.83 bits per heavy atom. The van der Waals surface area contributed by atoms with Crippen molar-refractivity contribution in [2.75, 3.05) is 18.5 Å². The largest absolute Gasteiger partial charge is 0.454 e. The molecule has 1 heterocycles. The van der Waals surface area contributed by atoms with Crippen LogP contribution in [0.5, 0.6) is 0 Å². The van der Waals surface area contributed by atoms with Crippen LogP contribution >= 0.6 is 0 Å². The first-order valence-electron chi connectivity index (χ1n) is 9.33. The van der Waals surface area contributed by atoms with Crippen LogP contribution in [0.25, 0.3) is 0 Å². The number of amides is 3. The topological polar surface area (TPSA) is 136 Å². The molecule has 1 aromatic carbocycles. The van der Waals surface area contributed by atoms with E-state index in [9.17, 15) is 29.3 Å². The van der Waals surface area contributed by atoms with Crippen LogP contribution in [-0.2, 0) is 23.9 Å². The third-order valence-corrected chi connectivity index (χ3v) is 5.28. The number of carbonyl (C=O) groups is 4. The van der Waals surface area contributed by atoms with Gasteiger partial charge in [0, 0.05) is 17.8 Å². The molecule has 0 unspecified atom stereocenters.